The fourth-order valence-electron chi connectivity index (χ4n) is 1.79. The van der Waals surface area contributed by atoms with E-state index in [1.165, 1.54) is 21.3 Å². The van der Waals surface area contributed by atoms with Gasteiger partial charge in [-0.1, -0.05) is 6.07 Å². The molecule has 1 rings (SSSR count). The van der Waals surface area contributed by atoms with Crippen molar-refractivity contribution in [1.82, 2.24) is 4.48 Å². The van der Waals surface area contributed by atoms with E-state index in [9.17, 15) is 9.59 Å². The molecule has 1 N–H and O–H groups in total. The number of carbonyl (C=O) groups excluding carboxylic acids is 1. The molecular weight excluding hydrogens is 238 g/mol. The van der Waals surface area contributed by atoms with Crippen LogP contribution in [0.15, 0.2) is 18.2 Å². The van der Waals surface area contributed by atoms with E-state index in [1.54, 1.807) is 18.2 Å². The lowest BCUT2D eigenvalue weighted by Gasteiger charge is -2.27. The predicted molar refractivity (Wildman–Crippen MR) is 65.8 cm³/mol. The molecule has 1 unspecified atom stereocenters. The summed E-state index contributed by atoms with van der Waals surface area (Å²) in [6.07, 6.45) is 0.550. The molecule has 0 saturated carbocycles. The first-order chi connectivity index (χ1) is 8.48. The van der Waals surface area contributed by atoms with E-state index in [0.717, 1.165) is 0 Å². The monoisotopic (exact) mass is 254 g/mol. The van der Waals surface area contributed by atoms with Crippen LogP contribution in [-0.4, -0.2) is 45.3 Å². The van der Waals surface area contributed by atoms with Crippen LogP contribution in [0.5, 0.6) is 11.5 Å². The Hall–Kier alpha value is -2.08. The average Bonchev–Trinajstić information content (AvgIpc) is 2.36. The van der Waals surface area contributed by atoms with Crippen LogP contribution >= 0.6 is 0 Å². The lowest BCUT2D eigenvalue weighted by atomic mass is 10.2. The van der Waals surface area contributed by atoms with Gasteiger partial charge in [-0.2, -0.15) is 0 Å². The third-order valence-electron chi connectivity index (χ3n) is 2.61. The summed E-state index contributed by atoms with van der Waals surface area (Å²) in [6.45, 7) is -0.389. The summed E-state index contributed by atoms with van der Waals surface area (Å²) in [5.41, 5.74) is 0.389. The number of para-hydroxylation sites is 1. The Morgan fingerprint density at radius 1 is 1.33 bits per heavy atom. The van der Waals surface area contributed by atoms with Crippen LogP contribution in [0.25, 0.3) is 0 Å². The average molecular weight is 254 g/mol. The molecule has 1 amide bonds. The van der Waals surface area contributed by atoms with E-state index in [-0.39, 0.29) is 6.54 Å². The molecular formula is C12H16NO5+. The van der Waals surface area contributed by atoms with Crippen molar-refractivity contribution < 1.29 is 24.2 Å². The molecule has 0 fully saturated rings. The van der Waals surface area contributed by atoms with Crippen molar-refractivity contribution in [2.75, 3.05) is 27.8 Å². The number of carboxylic acid groups (broad SMARTS) is 1. The number of benzene rings is 1. The van der Waals surface area contributed by atoms with E-state index in [1.807, 2.05) is 0 Å². The maximum Gasteiger partial charge on any atom is 0.360 e. The topological polar surface area (TPSA) is 72.8 Å². The summed E-state index contributed by atoms with van der Waals surface area (Å²) >= 11 is 0. The maximum absolute atomic E-state index is 11.3. The number of nitrogens with zero attached hydrogens (tertiary/aromatic N) is 1. The zero-order valence-electron chi connectivity index (χ0n) is 10.5. The number of likely N-dealkylation sites (N-methyl/N-ethyl adjacent to an activating group) is 1. The number of carbonyl (C=O) groups is 2. The first kappa shape index (κ1) is 14.0. The number of rotatable bonds is 6. The lowest BCUT2D eigenvalue weighted by Crippen LogP contribution is -2.48. The van der Waals surface area contributed by atoms with Gasteiger partial charge in [-0.05, 0) is 12.1 Å². The number of ether oxygens (including phenoxy) is 2. The largest absolute Gasteiger partial charge is 0.491 e. The molecule has 1 atom stereocenters. The zero-order valence-corrected chi connectivity index (χ0v) is 10.5. The molecule has 0 radical (unpaired) electrons. The van der Waals surface area contributed by atoms with E-state index < -0.39 is 10.5 Å². The summed E-state index contributed by atoms with van der Waals surface area (Å²) in [6, 6.07) is 5.01. The van der Waals surface area contributed by atoms with Crippen LogP contribution in [0.4, 0.5) is 5.69 Å². The Morgan fingerprint density at radius 2 is 1.83 bits per heavy atom. The Morgan fingerprint density at radius 3 is 2.17 bits per heavy atom. The Balaban J connectivity index is 3.43. The van der Waals surface area contributed by atoms with Crippen LogP contribution in [0, 0.1) is 0 Å². The second-order valence-corrected chi connectivity index (χ2v) is 3.94. The summed E-state index contributed by atoms with van der Waals surface area (Å²) in [5, 5.41) is 8.91. The van der Waals surface area contributed by atoms with Gasteiger partial charge in [-0.3, -0.25) is 0 Å². The van der Waals surface area contributed by atoms with Crippen molar-refractivity contribution in [2.24, 2.45) is 0 Å². The molecule has 18 heavy (non-hydrogen) atoms. The summed E-state index contributed by atoms with van der Waals surface area (Å²) < 4.78 is 9.88. The molecule has 0 bridgehead atoms. The minimum atomic E-state index is -1.09. The Bertz CT molecular complexity index is 438. The molecule has 0 aliphatic heterocycles. The van der Waals surface area contributed by atoms with Crippen LogP contribution in [-0.2, 0) is 9.59 Å². The Kier molecular flexibility index (Phi) is 4.28. The van der Waals surface area contributed by atoms with Gasteiger partial charge in [0.15, 0.2) is 18.0 Å². The van der Waals surface area contributed by atoms with E-state index in [4.69, 9.17) is 14.6 Å². The van der Waals surface area contributed by atoms with Crippen molar-refractivity contribution in [3.05, 3.63) is 18.2 Å². The van der Waals surface area contributed by atoms with Gasteiger partial charge in [-0.15, -0.1) is 0 Å². The number of hydrogen-bond donors (Lipinski definition) is 1. The lowest BCUT2D eigenvalue weighted by molar-refractivity contribution is -0.139. The molecule has 0 aliphatic carbocycles. The van der Waals surface area contributed by atoms with Gasteiger partial charge in [0.1, 0.15) is 0 Å². The van der Waals surface area contributed by atoms with Crippen molar-refractivity contribution in [3.63, 3.8) is 0 Å². The van der Waals surface area contributed by atoms with Crippen LogP contribution < -0.4 is 14.0 Å². The van der Waals surface area contributed by atoms with E-state index >= 15 is 0 Å². The molecule has 0 saturated heterocycles. The second-order valence-electron chi connectivity index (χ2n) is 3.94. The highest BCUT2D eigenvalue weighted by molar-refractivity contribution is 5.84. The molecule has 0 aliphatic rings. The molecule has 1 aromatic carbocycles. The van der Waals surface area contributed by atoms with Crippen LogP contribution in [0.3, 0.4) is 0 Å². The first-order valence-corrected chi connectivity index (χ1v) is 5.23. The Labute approximate surface area is 105 Å². The smallest absolute Gasteiger partial charge is 0.360 e. The number of carboxylic acids is 1. The number of aliphatic carboxylic acids is 1. The van der Waals surface area contributed by atoms with E-state index in [0.29, 0.717) is 23.6 Å². The highest BCUT2D eigenvalue weighted by Crippen LogP contribution is 2.40. The zero-order chi connectivity index (χ0) is 13.8. The summed E-state index contributed by atoms with van der Waals surface area (Å²) in [7, 11) is 4.39. The third-order valence-corrected chi connectivity index (χ3v) is 2.61. The fourth-order valence-corrected chi connectivity index (χ4v) is 1.79. The van der Waals surface area contributed by atoms with Gasteiger partial charge in [0.25, 0.3) is 0 Å². The predicted octanol–water partition coefficient (Wildman–Crippen LogP) is 0.882. The van der Waals surface area contributed by atoms with Gasteiger partial charge in [-0.25, -0.2) is 14.1 Å². The number of hydrogen-bond acceptors (Lipinski definition) is 4. The minimum absolute atomic E-state index is 0.389. The fraction of sp³-hybridized carbons (Fsp3) is 0.333. The number of methoxy groups -OCH3 is 2. The highest BCUT2D eigenvalue weighted by atomic mass is 16.5. The van der Waals surface area contributed by atoms with Crippen molar-refractivity contribution in [2.45, 2.75) is 0 Å². The molecule has 0 spiro atoms. The van der Waals surface area contributed by atoms with Gasteiger partial charge >= 0.3 is 12.4 Å². The highest BCUT2D eigenvalue weighted by Gasteiger charge is 2.35. The summed E-state index contributed by atoms with van der Waals surface area (Å²) in [4.78, 5) is 22.2. The molecule has 6 nitrogen and oxygen atoms in total. The minimum Gasteiger partial charge on any atom is -0.491 e. The van der Waals surface area contributed by atoms with Gasteiger partial charge in [0, 0.05) is 0 Å². The third kappa shape index (κ3) is 2.60. The van der Waals surface area contributed by atoms with Gasteiger partial charge in [0.05, 0.1) is 21.3 Å². The van der Waals surface area contributed by atoms with Crippen molar-refractivity contribution >= 4 is 18.1 Å². The molecule has 1 aromatic rings. The SMILES string of the molecule is COc1cccc(OC)c1[N+](C)(C=O)CC(=O)O. The number of amides is 1. The van der Waals surface area contributed by atoms with Crippen molar-refractivity contribution in [1.29, 1.82) is 0 Å². The van der Waals surface area contributed by atoms with Crippen molar-refractivity contribution in [3.8, 4) is 11.5 Å². The number of quaternary nitrogens is 1. The standard InChI is InChI=1S/C12H15NO5/c1-13(8-14,7-11(15)16)12-9(17-2)5-4-6-10(12)18-3/h4-6,8H,7H2,1-3H3/p+1. The molecule has 0 aromatic heterocycles. The summed E-state index contributed by atoms with van der Waals surface area (Å²) in [5.74, 6) is -0.270. The van der Waals surface area contributed by atoms with Crippen LogP contribution in [0.1, 0.15) is 0 Å². The molecule has 6 heteroatoms. The molecule has 0 heterocycles. The van der Waals surface area contributed by atoms with Gasteiger partial charge < -0.3 is 14.6 Å². The second kappa shape index (κ2) is 5.50. The van der Waals surface area contributed by atoms with Gasteiger partial charge in [0.2, 0.25) is 5.69 Å². The first-order valence-electron chi connectivity index (χ1n) is 5.23. The molecule has 98 valence electrons. The quantitative estimate of drug-likeness (QED) is 0.602. The maximum atomic E-state index is 11.3. The van der Waals surface area contributed by atoms with E-state index in [2.05, 4.69) is 0 Å². The normalized spacial score (nSPS) is 13.5. The van der Waals surface area contributed by atoms with Crippen LogP contribution in [0.2, 0.25) is 0 Å².